The van der Waals surface area contributed by atoms with Gasteiger partial charge in [-0.05, 0) is 54.7 Å². The first kappa shape index (κ1) is 19.2. The number of Topliss-reactive ketones (excluding diaryl/α,β-unsaturated/α-hetero) is 2. The van der Waals surface area contributed by atoms with Gasteiger partial charge in [-0.1, -0.05) is 25.1 Å². The van der Waals surface area contributed by atoms with Gasteiger partial charge in [-0.3, -0.25) is 9.59 Å². The standard InChI is InChI=1S/C22H23FO4/c1-3-18(24)22-19(25)11-15(12-20(22)26)14-5-4-6-16(10-14)27-21-8-7-13(2)9-17(21)23/h4-10,15,19,22,25H,3,11-12H2,1-2H3. The fourth-order valence-electron chi connectivity index (χ4n) is 3.61. The third-order valence-corrected chi connectivity index (χ3v) is 5.05. The van der Waals surface area contributed by atoms with Crippen LogP contribution in [0.2, 0.25) is 0 Å². The van der Waals surface area contributed by atoms with E-state index in [4.69, 9.17) is 4.74 Å². The smallest absolute Gasteiger partial charge is 0.165 e. The zero-order chi connectivity index (χ0) is 19.6. The van der Waals surface area contributed by atoms with Gasteiger partial charge in [0.25, 0.3) is 0 Å². The van der Waals surface area contributed by atoms with Crippen molar-refractivity contribution >= 4 is 11.6 Å². The van der Waals surface area contributed by atoms with Gasteiger partial charge in [-0.2, -0.15) is 0 Å². The number of carbonyl (C=O) groups excluding carboxylic acids is 2. The molecule has 3 unspecified atom stereocenters. The summed E-state index contributed by atoms with van der Waals surface area (Å²) in [6, 6.07) is 11.8. The van der Waals surface area contributed by atoms with Crippen molar-refractivity contribution in [2.45, 2.75) is 45.1 Å². The van der Waals surface area contributed by atoms with Gasteiger partial charge in [0.1, 0.15) is 23.2 Å². The van der Waals surface area contributed by atoms with E-state index in [1.807, 2.05) is 6.07 Å². The summed E-state index contributed by atoms with van der Waals surface area (Å²) in [5.41, 5.74) is 1.63. The van der Waals surface area contributed by atoms with Crippen LogP contribution >= 0.6 is 0 Å². The van der Waals surface area contributed by atoms with E-state index in [9.17, 15) is 19.1 Å². The summed E-state index contributed by atoms with van der Waals surface area (Å²) in [6.07, 6.45) is -0.188. The summed E-state index contributed by atoms with van der Waals surface area (Å²) in [5, 5.41) is 10.3. The molecule has 5 heteroatoms. The highest BCUT2D eigenvalue weighted by atomic mass is 19.1. The molecule has 2 aromatic carbocycles. The highest BCUT2D eigenvalue weighted by Gasteiger charge is 2.39. The molecule has 4 nitrogen and oxygen atoms in total. The van der Waals surface area contributed by atoms with Gasteiger partial charge in [0.15, 0.2) is 11.6 Å². The zero-order valence-corrected chi connectivity index (χ0v) is 15.4. The van der Waals surface area contributed by atoms with Crippen LogP contribution in [0.25, 0.3) is 0 Å². The van der Waals surface area contributed by atoms with Crippen LogP contribution in [0.15, 0.2) is 42.5 Å². The Morgan fingerprint density at radius 2 is 2.04 bits per heavy atom. The third-order valence-electron chi connectivity index (χ3n) is 5.05. The van der Waals surface area contributed by atoms with Gasteiger partial charge in [0, 0.05) is 12.8 Å². The lowest BCUT2D eigenvalue weighted by molar-refractivity contribution is -0.140. The largest absolute Gasteiger partial charge is 0.454 e. The second-order valence-electron chi connectivity index (χ2n) is 7.08. The maximum absolute atomic E-state index is 14.0. The molecule has 0 aliphatic heterocycles. The van der Waals surface area contributed by atoms with Crippen LogP contribution in [0.5, 0.6) is 11.5 Å². The Bertz CT molecular complexity index is 861. The summed E-state index contributed by atoms with van der Waals surface area (Å²) >= 11 is 0. The predicted molar refractivity (Wildman–Crippen MR) is 99.4 cm³/mol. The molecule has 2 aromatic rings. The molecule has 0 spiro atoms. The molecule has 0 saturated heterocycles. The molecule has 1 fully saturated rings. The summed E-state index contributed by atoms with van der Waals surface area (Å²) in [4.78, 5) is 24.3. The summed E-state index contributed by atoms with van der Waals surface area (Å²) in [6.45, 7) is 3.49. The Morgan fingerprint density at radius 3 is 2.70 bits per heavy atom. The molecule has 3 rings (SSSR count). The lowest BCUT2D eigenvalue weighted by atomic mass is 9.74. The maximum Gasteiger partial charge on any atom is 0.165 e. The van der Waals surface area contributed by atoms with Crippen LogP contribution in [0.3, 0.4) is 0 Å². The van der Waals surface area contributed by atoms with Crippen molar-refractivity contribution in [3.8, 4) is 11.5 Å². The number of ketones is 2. The number of aliphatic hydroxyl groups excluding tert-OH is 1. The molecule has 1 aliphatic rings. The Balaban J connectivity index is 1.78. The molecule has 27 heavy (non-hydrogen) atoms. The fourth-order valence-corrected chi connectivity index (χ4v) is 3.61. The van der Waals surface area contributed by atoms with Crippen LogP contribution < -0.4 is 4.74 Å². The molecule has 1 N–H and O–H groups in total. The third kappa shape index (κ3) is 4.25. The Morgan fingerprint density at radius 1 is 1.26 bits per heavy atom. The molecule has 0 bridgehead atoms. The minimum Gasteiger partial charge on any atom is -0.454 e. The first-order chi connectivity index (χ1) is 12.9. The van der Waals surface area contributed by atoms with Crippen molar-refractivity contribution in [1.29, 1.82) is 0 Å². The molecule has 0 heterocycles. The topological polar surface area (TPSA) is 63.6 Å². The Hall–Kier alpha value is -2.53. The van der Waals surface area contributed by atoms with Crippen LogP contribution in [0.1, 0.15) is 43.2 Å². The van der Waals surface area contributed by atoms with E-state index < -0.39 is 17.8 Å². The molecule has 0 amide bonds. The minimum absolute atomic E-state index is 0.131. The SMILES string of the molecule is CCC(=O)C1C(=O)CC(c2cccc(Oc3ccc(C)cc3F)c2)CC1O. The molecule has 1 aliphatic carbocycles. The average Bonchev–Trinajstić information content (AvgIpc) is 2.63. The second-order valence-corrected chi connectivity index (χ2v) is 7.08. The van der Waals surface area contributed by atoms with Crippen LogP contribution in [0.4, 0.5) is 4.39 Å². The van der Waals surface area contributed by atoms with Gasteiger partial charge in [0.2, 0.25) is 0 Å². The molecule has 3 atom stereocenters. The van der Waals surface area contributed by atoms with Crippen LogP contribution in [-0.4, -0.2) is 22.8 Å². The number of hydrogen-bond donors (Lipinski definition) is 1. The molecule has 1 saturated carbocycles. The molecule has 142 valence electrons. The summed E-state index contributed by atoms with van der Waals surface area (Å²) in [5.74, 6) is -1.38. The predicted octanol–water partition coefficient (Wildman–Crippen LogP) is 4.33. The van der Waals surface area contributed by atoms with Gasteiger partial charge < -0.3 is 9.84 Å². The van der Waals surface area contributed by atoms with Crippen molar-refractivity contribution in [2.24, 2.45) is 5.92 Å². The number of aliphatic hydroxyl groups is 1. The normalized spacial score (nSPS) is 22.5. The van der Waals surface area contributed by atoms with E-state index in [0.717, 1.165) is 11.1 Å². The lowest BCUT2D eigenvalue weighted by Gasteiger charge is -2.31. The van der Waals surface area contributed by atoms with E-state index in [1.54, 1.807) is 44.2 Å². The quantitative estimate of drug-likeness (QED) is 0.796. The van der Waals surface area contributed by atoms with Gasteiger partial charge in [-0.15, -0.1) is 0 Å². The summed E-state index contributed by atoms with van der Waals surface area (Å²) in [7, 11) is 0. The molecular weight excluding hydrogens is 347 g/mol. The van der Waals surface area contributed by atoms with Crippen molar-refractivity contribution in [3.05, 3.63) is 59.4 Å². The second kappa shape index (κ2) is 8.01. The first-order valence-electron chi connectivity index (χ1n) is 9.16. The number of rotatable bonds is 5. The van der Waals surface area contributed by atoms with E-state index in [2.05, 4.69) is 0 Å². The van der Waals surface area contributed by atoms with E-state index in [1.165, 1.54) is 6.07 Å². The number of benzene rings is 2. The number of hydrogen-bond acceptors (Lipinski definition) is 4. The van der Waals surface area contributed by atoms with E-state index in [0.29, 0.717) is 12.2 Å². The monoisotopic (exact) mass is 370 g/mol. The van der Waals surface area contributed by atoms with Crippen molar-refractivity contribution in [2.75, 3.05) is 0 Å². The lowest BCUT2D eigenvalue weighted by Crippen LogP contribution is -2.40. The van der Waals surface area contributed by atoms with Crippen molar-refractivity contribution in [3.63, 3.8) is 0 Å². The average molecular weight is 370 g/mol. The number of aryl methyl sites for hydroxylation is 1. The Labute approximate surface area is 158 Å². The molecular formula is C22H23FO4. The molecule has 0 aromatic heterocycles. The highest BCUT2D eigenvalue weighted by Crippen LogP contribution is 2.36. The van der Waals surface area contributed by atoms with Gasteiger partial charge >= 0.3 is 0 Å². The maximum atomic E-state index is 14.0. The van der Waals surface area contributed by atoms with E-state index in [-0.39, 0.29) is 36.1 Å². The van der Waals surface area contributed by atoms with Crippen molar-refractivity contribution < 1.29 is 23.8 Å². The van der Waals surface area contributed by atoms with Crippen LogP contribution in [-0.2, 0) is 9.59 Å². The number of halogens is 1. The zero-order valence-electron chi connectivity index (χ0n) is 15.4. The number of carbonyl (C=O) groups is 2. The minimum atomic E-state index is -0.970. The van der Waals surface area contributed by atoms with Gasteiger partial charge in [-0.25, -0.2) is 4.39 Å². The van der Waals surface area contributed by atoms with E-state index >= 15 is 0 Å². The molecule has 0 radical (unpaired) electrons. The summed E-state index contributed by atoms with van der Waals surface area (Å²) < 4.78 is 19.7. The van der Waals surface area contributed by atoms with Crippen LogP contribution in [0, 0.1) is 18.7 Å². The number of ether oxygens (including phenoxy) is 1. The van der Waals surface area contributed by atoms with Crippen molar-refractivity contribution in [1.82, 2.24) is 0 Å². The Kier molecular flexibility index (Phi) is 5.71. The first-order valence-corrected chi connectivity index (χ1v) is 9.16. The van der Waals surface area contributed by atoms with Gasteiger partial charge in [0.05, 0.1) is 6.10 Å². The highest BCUT2D eigenvalue weighted by molar-refractivity contribution is 6.03. The fraction of sp³-hybridized carbons (Fsp3) is 0.364.